The first-order chi connectivity index (χ1) is 28.8. The van der Waals surface area contributed by atoms with E-state index in [1.165, 1.54) is 80.2 Å². The van der Waals surface area contributed by atoms with Crippen molar-refractivity contribution in [3.8, 4) is 0 Å². The molecule has 2 heterocycles. The lowest BCUT2D eigenvalue weighted by Gasteiger charge is -2.20. The van der Waals surface area contributed by atoms with Crippen LogP contribution in [0.1, 0.15) is 195 Å². The molecule has 346 valence electrons. The van der Waals surface area contributed by atoms with Crippen molar-refractivity contribution in [1.29, 1.82) is 0 Å². The van der Waals surface area contributed by atoms with Crippen LogP contribution in [0.15, 0.2) is 14.9 Å². The predicted molar refractivity (Wildman–Crippen MR) is 240 cm³/mol. The van der Waals surface area contributed by atoms with Crippen LogP contribution in [0.2, 0.25) is 0 Å². The predicted octanol–water partition coefficient (Wildman–Crippen LogP) is 12.4. The second-order valence-corrected chi connectivity index (χ2v) is 18.5. The molecule has 0 aliphatic heterocycles. The van der Waals surface area contributed by atoms with E-state index in [-0.39, 0.29) is 26.1 Å². The first kappa shape index (κ1) is 53.7. The fourth-order valence-electron chi connectivity index (χ4n) is 7.29. The monoisotopic (exact) mass is 866 g/mol. The van der Waals surface area contributed by atoms with Gasteiger partial charge in [0.05, 0.1) is 13.2 Å². The summed E-state index contributed by atoms with van der Waals surface area (Å²) in [5, 5.41) is 0. The van der Waals surface area contributed by atoms with Crippen LogP contribution in [0.3, 0.4) is 0 Å². The molecule has 2 atom stereocenters. The van der Waals surface area contributed by atoms with Crippen LogP contribution in [0.25, 0.3) is 0 Å². The third-order valence-electron chi connectivity index (χ3n) is 11.3. The van der Waals surface area contributed by atoms with Gasteiger partial charge in [0.25, 0.3) is 0 Å². The maximum absolute atomic E-state index is 12.8. The minimum atomic E-state index is -4.39. The van der Waals surface area contributed by atoms with Crippen molar-refractivity contribution in [3.05, 3.63) is 45.8 Å². The SMILES string of the molecule is CCCCCc1cc(C)c(CCCCCCCCC(=O)O[C@H](COC(=O)CCCCCCCCCCc2oc(CCCCC)c(C)c2C)COP(=O)(O)OCCN(C)C)o1. The van der Waals surface area contributed by atoms with Crippen molar-refractivity contribution in [1.82, 2.24) is 4.90 Å². The Morgan fingerprint density at radius 2 is 1.12 bits per heavy atom. The highest BCUT2D eigenvalue weighted by atomic mass is 31.2. The second kappa shape index (κ2) is 32.3. The molecule has 0 saturated heterocycles. The number of carbonyl (C=O) groups excluding carboxylic acids is 2. The molecule has 60 heavy (non-hydrogen) atoms. The van der Waals surface area contributed by atoms with Crippen molar-refractivity contribution in [2.45, 2.75) is 208 Å². The highest BCUT2D eigenvalue weighted by Crippen LogP contribution is 2.43. The molecule has 0 bridgehead atoms. The normalized spacial score (nSPS) is 13.2. The van der Waals surface area contributed by atoms with E-state index in [9.17, 15) is 19.0 Å². The smallest absolute Gasteiger partial charge is 0.466 e. The minimum absolute atomic E-state index is 0.00594. The van der Waals surface area contributed by atoms with Crippen LogP contribution >= 0.6 is 7.82 Å². The largest absolute Gasteiger partial charge is 0.472 e. The zero-order valence-electron chi connectivity index (χ0n) is 38.9. The summed E-state index contributed by atoms with van der Waals surface area (Å²) in [7, 11) is -0.749. The fraction of sp³-hybridized carbons (Fsp3) is 0.792. The molecule has 11 nitrogen and oxygen atoms in total. The number of ether oxygens (including phenoxy) is 2. The van der Waals surface area contributed by atoms with Crippen molar-refractivity contribution < 1.29 is 46.4 Å². The summed E-state index contributed by atoms with van der Waals surface area (Å²) in [5.41, 5.74) is 3.91. The quantitative estimate of drug-likeness (QED) is 0.0392. The van der Waals surface area contributed by atoms with Gasteiger partial charge in [0.15, 0.2) is 6.10 Å². The van der Waals surface area contributed by atoms with Gasteiger partial charge in [0.1, 0.15) is 29.6 Å². The van der Waals surface area contributed by atoms with Crippen molar-refractivity contribution in [3.63, 3.8) is 0 Å². The van der Waals surface area contributed by atoms with Gasteiger partial charge in [-0.1, -0.05) is 104 Å². The molecule has 0 aliphatic rings. The molecule has 2 aromatic heterocycles. The number of likely N-dealkylation sites (N-methyl/N-ethyl adjacent to an activating group) is 1. The number of rotatable bonds is 38. The van der Waals surface area contributed by atoms with E-state index in [0.29, 0.717) is 19.4 Å². The molecule has 0 aromatic carbocycles. The van der Waals surface area contributed by atoms with Gasteiger partial charge in [-0.15, -0.1) is 0 Å². The molecular weight excluding hydrogens is 781 g/mol. The number of phosphoric acid groups is 1. The van der Waals surface area contributed by atoms with E-state index in [0.717, 1.165) is 101 Å². The lowest BCUT2D eigenvalue weighted by Crippen LogP contribution is -2.29. The van der Waals surface area contributed by atoms with E-state index in [2.05, 4.69) is 40.7 Å². The second-order valence-electron chi connectivity index (χ2n) is 17.1. The standard InChI is InChI=1S/C48H84NO10P/c1-8-10-22-28-42-36-39(3)44(57-42)29-24-18-16-17-21-27-33-48(51)58-43(38-56-60(52,53)55-35-34-49(6)7)37-54-47(50)32-26-20-15-13-12-14-19-25-31-46-41(5)40(4)45(59-46)30-23-11-9-2/h36,43H,8-35,37-38H2,1-7H3,(H,52,53)/t43-/m1/s1. The first-order valence-electron chi connectivity index (χ1n) is 23.6. The summed E-state index contributed by atoms with van der Waals surface area (Å²) in [5.74, 6) is 3.70. The summed E-state index contributed by atoms with van der Waals surface area (Å²) in [4.78, 5) is 37.3. The van der Waals surface area contributed by atoms with E-state index < -0.39 is 32.5 Å². The van der Waals surface area contributed by atoms with E-state index >= 15 is 0 Å². The van der Waals surface area contributed by atoms with Crippen molar-refractivity contribution in [2.75, 3.05) is 40.5 Å². The van der Waals surface area contributed by atoms with Gasteiger partial charge < -0.3 is 28.1 Å². The van der Waals surface area contributed by atoms with Crippen LogP contribution in [-0.4, -0.2) is 68.3 Å². The number of phosphoric ester groups is 1. The molecule has 1 unspecified atom stereocenters. The van der Waals surface area contributed by atoms with E-state index in [1.54, 1.807) is 0 Å². The van der Waals surface area contributed by atoms with Crippen molar-refractivity contribution in [2.24, 2.45) is 0 Å². The Kier molecular flexibility index (Phi) is 28.9. The zero-order chi connectivity index (χ0) is 44.0. The Bertz CT molecular complexity index is 1480. The molecule has 12 heteroatoms. The minimum Gasteiger partial charge on any atom is -0.466 e. The Balaban J connectivity index is 1.63. The molecule has 0 saturated carbocycles. The Hall–Kier alpha value is -2.43. The lowest BCUT2D eigenvalue weighted by atomic mass is 10.0. The number of esters is 2. The number of hydrogen-bond donors (Lipinski definition) is 1. The average molecular weight is 866 g/mol. The van der Waals surface area contributed by atoms with Gasteiger partial charge in [-0.3, -0.25) is 18.6 Å². The molecule has 2 aromatic rings. The van der Waals surface area contributed by atoms with Crippen LogP contribution in [-0.2, 0) is 58.4 Å². The zero-order valence-corrected chi connectivity index (χ0v) is 39.8. The van der Waals surface area contributed by atoms with Crippen LogP contribution in [0.4, 0.5) is 0 Å². The molecule has 2 rings (SSSR count). The maximum Gasteiger partial charge on any atom is 0.472 e. The third kappa shape index (κ3) is 24.9. The summed E-state index contributed by atoms with van der Waals surface area (Å²) in [6.07, 6.45) is 25.1. The van der Waals surface area contributed by atoms with Gasteiger partial charge in [0, 0.05) is 45.1 Å². The highest BCUT2D eigenvalue weighted by Gasteiger charge is 2.26. The van der Waals surface area contributed by atoms with Crippen LogP contribution in [0.5, 0.6) is 0 Å². The molecule has 0 aliphatic carbocycles. The Morgan fingerprint density at radius 3 is 1.67 bits per heavy atom. The number of furan rings is 2. The topological polar surface area (TPSA) is 138 Å². The molecule has 0 spiro atoms. The number of hydrogen-bond acceptors (Lipinski definition) is 10. The molecule has 1 N–H and O–H groups in total. The molecular formula is C48H84NO10P. The summed E-state index contributed by atoms with van der Waals surface area (Å²) in [6.45, 7) is 10.7. The van der Waals surface area contributed by atoms with E-state index in [4.69, 9.17) is 27.4 Å². The average Bonchev–Trinajstić information content (AvgIpc) is 3.69. The molecule has 0 amide bonds. The van der Waals surface area contributed by atoms with Crippen molar-refractivity contribution >= 4 is 19.8 Å². The highest BCUT2D eigenvalue weighted by molar-refractivity contribution is 7.47. The number of carbonyl (C=O) groups is 2. The Morgan fingerprint density at radius 1 is 0.633 bits per heavy atom. The number of nitrogens with zero attached hydrogens (tertiary/aromatic N) is 1. The first-order valence-corrected chi connectivity index (χ1v) is 25.1. The summed E-state index contributed by atoms with van der Waals surface area (Å²) < 4.78 is 46.0. The van der Waals surface area contributed by atoms with Gasteiger partial charge in [-0.25, -0.2) is 4.57 Å². The van der Waals surface area contributed by atoms with Gasteiger partial charge in [0.2, 0.25) is 0 Å². The fourth-order valence-corrected chi connectivity index (χ4v) is 8.03. The van der Waals surface area contributed by atoms with Gasteiger partial charge >= 0.3 is 19.8 Å². The summed E-state index contributed by atoms with van der Waals surface area (Å²) >= 11 is 0. The van der Waals surface area contributed by atoms with Crippen LogP contribution < -0.4 is 0 Å². The van der Waals surface area contributed by atoms with Crippen LogP contribution in [0, 0.1) is 20.8 Å². The number of aryl methyl sites for hydroxylation is 5. The van der Waals surface area contributed by atoms with E-state index in [1.807, 2.05) is 19.0 Å². The lowest BCUT2D eigenvalue weighted by molar-refractivity contribution is -0.161. The third-order valence-corrected chi connectivity index (χ3v) is 12.2. The Labute approximate surface area is 364 Å². The van der Waals surface area contributed by atoms with Gasteiger partial charge in [-0.2, -0.15) is 0 Å². The number of unbranched alkanes of at least 4 members (excludes halogenated alkanes) is 16. The molecule has 0 fully saturated rings. The summed E-state index contributed by atoms with van der Waals surface area (Å²) in [6, 6.07) is 2.19. The molecule has 0 radical (unpaired) electrons. The van der Waals surface area contributed by atoms with Gasteiger partial charge in [-0.05, 0) is 96.1 Å². The maximum atomic E-state index is 12.8.